The van der Waals surface area contributed by atoms with Crippen LogP contribution in [0.2, 0.25) is 0 Å². The van der Waals surface area contributed by atoms with Crippen LogP contribution in [-0.4, -0.2) is 66.9 Å². The van der Waals surface area contributed by atoms with Gasteiger partial charge in [0.1, 0.15) is 0 Å². The number of hydrogen-bond donors (Lipinski definition) is 0. The Balaban J connectivity index is 5.98. The molecule has 0 fully saturated rings. The smallest absolute Gasteiger partial charge is 0.248 e. The van der Waals surface area contributed by atoms with Crippen LogP contribution in [0.1, 0.15) is 0 Å². The number of carbonyl (C=O) groups is 1. The molecule has 29 heavy (non-hydrogen) atoms. The summed E-state index contributed by atoms with van der Waals surface area (Å²) in [4.78, 5) is 11.6. The largest absolute Gasteiger partial charge is 0.424 e. The lowest BCUT2D eigenvalue weighted by Crippen LogP contribution is -2.68. The van der Waals surface area contributed by atoms with Gasteiger partial charge in [0.05, 0.1) is 0 Å². The van der Waals surface area contributed by atoms with E-state index < -0.39 is 66.9 Å². The third-order valence-electron chi connectivity index (χ3n) is 3.31. The van der Waals surface area contributed by atoms with Crippen LogP contribution in [0, 0.1) is 0 Å². The van der Waals surface area contributed by atoms with Gasteiger partial charge in [0.15, 0.2) is 24.7 Å². The van der Waals surface area contributed by atoms with Crippen LogP contribution in [0.25, 0.3) is 0 Å². The molecule has 174 valence electrons. The molecule has 0 aliphatic heterocycles. The molecule has 0 saturated carbocycles. The minimum Gasteiger partial charge on any atom is -0.248 e. The van der Waals surface area contributed by atoms with E-state index in [1.807, 2.05) is 0 Å². The highest BCUT2D eigenvalue weighted by Crippen LogP contribution is 2.55. The van der Waals surface area contributed by atoms with E-state index in [9.17, 15) is 75.2 Å². The maximum Gasteiger partial charge on any atom is 0.424 e. The molecule has 0 aromatic carbocycles. The highest BCUT2D eigenvalue weighted by Gasteiger charge is 2.85. The minimum atomic E-state index is -7.81. The monoisotopic (exact) mass is 474 g/mol. The Hall–Kier alpha value is -1.65. The molecule has 0 rings (SSSR count). The van der Waals surface area contributed by atoms with E-state index in [1.54, 1.807) is 0 Å². The van der Waals surface area contributed by atoms with E-state index in [2.05, 4.69) is 0 Å². The molecule has 0 aliphatic carbocycles. The summed E-state index contributed by atoms with van der Waals surface area (Å²) in [6, 6.07) is 0. The number of halogens is 16. The van der Waals surface area contributed by atoms with Gasteiger partial charge in [-0.15, -0.1) is 0 Å². The Labute approximate surface area is 148 Å². The number of carbonyl (C=O) groups excluding carboxylic acids is 1. The molecule has 5 unspecified atom stereocenters. The maximum atomic E-state index is 13.3. The zero-order chi connectivity index (χ0) is 23.7. The molecule has 5 atom stereocenters. The first-order valence-electron chi connectivity index (χ1n) is 6.56. The van der Waals surface area contributed by atoms with Gasteiger partial charge in [-0.25, -0.2) is 40.5 Å². The fourth-order valence-corrected chi connectivity index (χ4v) is 1.61. The van der Waals surface area contributed by atoms with Crippen LogP contribution in [0.3, 0.4) is 0 Å². The first kappa shape index (κ1) is 27.4. The molecule has 0 saturated heterocycles. The zero-order valence-electron chi connectivity index (χ0n) is 12.8. The molecular formula is C11H6F16O2. The zero-order valence-corrected chi connectivity index (χ0v) is 12.8. The van der Waals surface area contributed by atoms with Crippen LogP contribution in [0.5, 0.6) is 0 Å². The average Bonchev–Trinajstić information content (AvgIpc) is 2.63. The van der Waals surface area contributed by atoms with Gasteiger partial charge in [-0.1, -0.05) is 0 Å². The van der Waals surface area contributed by atoms with Crippen molar-refractivity contribution in [2.75, 3.05) is 0 Å². The van der Waals surface area contributed by atoms with E-state index in [1.165, 1.54) is 4.94 Å². The van der Waals surface area contributed by atoms with Gasteiger partial charge in [0.2, 0.25) is 6.17 Å². The minimum absolute atomic E-state index is 1.50. The van der Waals surface area contributed by atoms with Crippen molar-refractivity contribution in [1.82, 2.24) is 0 Å². The Morgan fingerprint density at radius 2 is 1.00 bits per heavy atom. The molecule has 0 aromatic rings. The first-order chi connectivity index (χ1) is 12.7. The van der Waals surface area contributed by atoms with Crippen LogP contribution >= 0.6 is 0 Å². The summed E-state index contributed by atoms with van der Waals surface area (Å²) in [5.41, 5.74) is 0. The van der Waals surface area contributed by atoms with E-state index >= 15 is 0 Å². The predicted molar refractivity (Wildman–Crippen MR) is 57.5 cm³/mol. The normalized spacial score (nSPS) is 19.5. The third-order valence-corrected chi connectivity index (χ3v) is 3.31. The lowest BCUT2D eigenvalue weighted by molar-refractivity contribution is -0.376. The second-order valence-electron chi connectivity index (χ2n) is 5.22. The van der Waals surface area contributed by atoms with Crippen molar-refractivity contribution in [2.45, 2.75) is 61.0 Å². The van der Waals surface area contributed by atoms with E-state index in [4.69, 9.17) is 0 Å². The Morgan fingerprint density at radius 1 is 0.621 bits per heavy atom. The predicted octanol–water partition coefficient (Wildman–Crippen LogP) is 4.91. The van der Waals surface area contributed by atoms with Crippen molar-refractivity contribution >= 4 is 5.97 Å². The summed E-state index contributed by atoms with van der Waals surface area (Å²) in [7, 11) is 0. The van der Waals surface area contributed by atoms with Crippen molar-refractivity contribution in [3.8, 4) is 0 Å². The molecule has 0 radical (unpaired) electrons. The quantitative estimate of drug-likeness (QED) is 0.421. The maximum absolute atomic E-state index is 13.3. The van der Waals surface area contributed by atoms with Crippen molar-refractivity contribution < 1.29 is 80.1 Å². The summed E-state index contributed by atoms with van der Waals surface area (Å²) < 4.78 is 205. The first-order valence-corrected chi connectivity index (χ1v) is 6.56. The summed E-state index contributed by atoms with van der Waals surface area (Å²) >= 11 is 0. The Kier molecular flexibility index (Phi) is 8.12. The van der Waals surface area contributed by atoms with Crippen LogP contribution in [-0.2, 0) is 9.74 Å². The number of alkyl halides is 15. The molecule has 0 aromatic heterocycles. The molecular weight excluding hydrogens is 468 g/mol. The summed E-state index contributed by atoms with van der Waals surface area (Å²) in [5, 5.41) is 0. The lowest BCUT2D eigenvalue weighted by atomic mass is 9.91. The van der Waals surface area contributed by atoms with E-state index in [-0.39, 0.29) is 0 Å². The van der Waals surface area contributed by atoms with Crippen LogP contribution in [0.4, 0.5) is 70.4 Å². The van der Waals surface area contributed by atoms with Crippen molar-refractivity contribution in [3.63, 3.8) is 0 Å². The van der Waals surface area contributed by atoms with Gasteiger partial charge in [-0.05, 0) is 0 Å². The summed E-state index contributed by atoms with van der Waals surface area (Å²) in [6.07, 6.45) is -28.7. The standard InChI is InChI=1S/C11H6F16O2/c12-1(2(13)4(15)6(17)18)3(14)5(16)8(19,20)10(23,24)11(25,26)9(21,22)7(28)29-27/h1-6H. The highest BCUT2D eigenvalue weighted by atomic mass is 19.4. The third kappa shape index (κ3) is 4.44. The van der Waals surface area contributed by atoms with Crippen molar-refractivity contribution in [1.29, 1.82) is 0 Å². The molecule has 2 nitrogen and oxygen atoms in total. The molecule has 0 bridgehead atoms. The van der Waals surface area contributed by atoms with Gasteiger partial charge in [-0.2, -0.15) is 35.1 Å². The van der Waals surface area contributed by atoms with E-state index in [0.29, 0.717) is 0 Å². The Bertz CT molecular complexity index is 565. The van der Waals surface area contributed by atoms with E-state index in [0.717, 1.165) is 0 Å². The van der Waals surface area contributed by atoms with Crippen LogP contribution < -0.4 is 0 Å². The van der Waals surface area contributed by atoms with Gasteiger partial charge in [-0.3, -0.25) is 0 Å². The SMILES string of the molecule is O=C(OF)C(F)(F)C(F)(F)C(F)(F)C(F)(F)C(F)C(F)C(F)C(F)C(F)C(F)F. The van der Waals surface area contributed by atoms with Crippen molar-refractivity contribution in [3.05, 3.63) is 0 Å². The second kappa shape index (κ2) is 8.61. The summed E-state index contributed by atoms with van der Waals surface area (Å²) in [6.45, 7) is 0. The fraction of sp³-hybridized carbons (Fsp3) is 0.909. The molecule has 0 amide bonds. The fourth-order valence-electron chi connectivity index (χ4n) is 1.61. The molecule has 0 heterocycles. The van der Waals surface area contributed by atoms with Crippen molar-refractivity contribution in [2.24, 2.45) is 0 Å². The second-order valence-corrected chi connectivity index (χ2v) is 5.22. The van der Waals surface area contributed by atoms with Gasteiger partial charge < -0.3 is 0 Å². The molecule has 0 spiro atoms. The van der Waals surface area contributed by atoms with Crippen LogP contribution in [0.15, 0.2) is 0 Å². The lowest BCUT2D eigenvalue weighted by Gasteiger charge is -2.37. The number of hydrogen-bond acceptors (Lipinski definition) is 2. The molecule has 0 aliphatic rings. The highest BCUT2D eigenvalue weighted by molar-refractivity contribution is 5.78. The topological polar surface area (TPSA) is 26.3 Å². The number of rotatable bonds is 10. The molecule has 0 N–H and O–H groups in total. The van der Waals surface area contributed by atoms with Gasteiger partial charge >= 0.3 is 29.7 Å². The van der Waals surface area contributed by atoms with Gasteiger partial charge in [0.25, 0.3) is 6.43 Å². The Morgan fingerprint density at radius 3 is 1.34 bits per heavy atom. The molecule has 18 heteroatoms. The van der Waals surface area contributed by atoms with Gasteiger partial charge in [0, 0.05) is 4.53 Å². The summed E-state index contributed by atoms with van der Waals surface area (Å²) in [5.74, 6) is -34.2. The average molecular weight is 474 g/mol.